The maximum atomic E-state index is 11.0. The molecule has 84 valence electrons. The lowest BCUT2D eigenvalue weighted by atomic mass is 10.0. The van der Waals surface area contributed by atoms with Crippen molar-refractivity contribution in [3.63, 3.8) is 0 Å². The zero-order valence-electron chi connectivity index (χ0n) is 9.19. The number of fused-ring (bicyclic) bond motifs is 1. The average Bonchev–Trinajstić information content (AvgIpc) is 2.86. The number of nitrogens with zero attached hydrogens (tertiary/aromatic N) is 1. The molecule has 0 aliphatic carbocycles. The molecule has 1 aromatic carbocycles. The molecule has 0 radical (unpaired) electrons. The van der Waals surface area contributed by atoms with Crippen molar-refractivity contribution in [2.24, 2.45) is 0 Å². The van der Waals surface area contributed by atoms with Crippen molar-refractivity contribution in [1.29, 1.82) is 0 Å². The minimum absolute atomic E-state index is 0.122. The molecule has 0 aromatic heterocycles. The topological polar surface area (TPSA) is 41.6 Å². The molecule has 0 bridgehead atoms. The van der Waals surface area contributed by atoms with Gasteiger partial charge in [0, 0.05) is 19.3 Å². The van der Waals surface area contributed by atoms with Crippen molar-refractivity contribution in [2.45, 2.75) is 12.5 Å². The van der Waals surface area contributed by atoms with Gasteiger partial charge in [0.05, 0.1) is 6.54 Å². The Morgan fingerprint density at radius 2 is 2.38 bits per heavy atom. The first-order valence-electron chi connectivity index (χ1n) is 5.52. The van der Waals surface area contributed by atoms with E-state index in [9.17, 15) is 4.79 Å². The smallest absolute Gasteiger partial charge is 0.407 e. The maximum absolute atomic E-state index is 11.0. The largest absolute Gasteiger partial charge is 0.439 e. The lowest BCUT2D eigenvalue weighted by Gasteiger charge is -2.13. The fraction of sp³-hybridized carbons (Fsp3) is 0.417. The van der Waals surface area contributed by atoms with Crippen LogP contribution in [0.1, 0.15) is 17.2 Å². The van der Waals surface area contributed by atoms with Crippen molar-refractivity contribution < 1.29 is 9.53 Å². The molecule has 0 saturated carbocycles. The second-order valence-corrected chi connectivity index (χ2v) is 4.33. The molecule has 3 rings (SSSR count). The van der Waals surface area contributed by atoms with Crippen LogP contribution in [0.3, 0.4) is 0 Å². The fourth-order valence-electron chi connectivity index (χ4n) is 2.36. The number of anilines is 1. The van der Waals surface area contributed by atoms with E-state index < -0.39 is 0 Å². The zero-order chi connectivity index (χ0) is 11.1. The number of hydrogen-bond donors (Lipinski definition) is 1. The molecule has 1 unspecified atom stereocenters. The van der Waals surface area contributed by atoms with E-state index in [4.69, 9.17) is 4.74 Å². The predicted octanol–water partition coefficient (Wildman–Crippen LogP) is 1.46. The highest BCUT2D eigenvalue weighted by Crippen LogP contribution is 2.31. The second kappa shape index (κ2) is 3.40. The molecule has 4 nitrogen and oxygen atoms in total. The second-order valence-electron chi connectivity index (χ2n) is 4.33. The molecule has 1 atom stereocenters. The number of benzene rings is 1. The Bertz CT molecular complexity index is 445. The third-order valence-electron chi connectivity index (χ3n) is 3.28. The number of rotatable bonds is 1. The van der Waals surface area contributed by atoms with Gasteiger partial charge >= 0.3 is 6.09 Å². The van der Waals surface area contributed by atoms with Crippen LogP contribution in [0.2, 0.25) is 0 Å². The number of carbonyl (C=O) groups excluding carboxylic acids is 1. The van der Waals surface area contributed by atoms with Crippen molar-refractivity contribution >= 4 is 11.8 Å². The summed E-state index contributed by atoms with van der Waals surface area (Å²) in [5, 5.41) is 2.67. The number of hydrogen-bond acceptors (Lipinski definition) is 3. The first-order valence-corrected chi connectivity index (χ1v) is 5.52. The summed E-state index contributed by atoms with van der Waals surface area (Å²) < 4.78 is 5.17. The molecular formula is C12H14N2O2. The molecular weight excluding hydrogens is 204 g/mol. The highest BCUT2D eigenvalue weighted by Gasteiger charge is 2.25. The first kappa shape index (κ1) is 9.51. The van der Waals surface area contributed by atoms with Crippen LogP contribution in [-0.2, 0) is 11.2 Å². The van der Waals surface area contributed by atoms with Crippen LogP contribution in [0.4, 0.5) is 10.5 Å². The third kappa shape index (κ3) is 1.41. The van der Waals surface area contributed by atoms with Crippen LogP contribution in [0.15, 0.2) is 18.2 Å². The number of likely N-dealkylation sites (N-methyl/N-ethyl adjacent to an activating group) is 1. The number of cyclic esters (lactones) is 1. The Balaban J connectivity index is 1.90. The summed E-state index contributed by atoms with van der Waals surface area (Å²) in [7, 11) is 2.10. The van der Waals surface area contributed by atoms with Crippen LogP contribution in [0.25, 0.3) is 0 Å². The van der Waals surface area contributed by atoms with Gasteiger partial charge in [-0.3, -0.25) is 0 Å². The lowest BCUT2D eigenvalue weighted by Crippen LogP contribution is -2.12. The molecule has 1 N–H and O–H groups in total. The fourth-order valence-corrected chi connectivity index (χ4v) is 2.36. The van der Waals surface area contributed by atoms with Crippen molar-refractivity contribution in [3.8, 4) is 0 Å². The third-order valence-corrected chi connectivity index (χ3v) is 3.28. The zero-order valence-corrected chi connectivity index (χ0v) is 9.19. The molecule has 1 saturated heterocycles. The molecule has 1 fully saturated rings. The van der Waals surface area contributed by atoms with Crippen molar-refractivity contribution in [3.05, 3.63) is 29.3 Å². The van der Waals surface area contributed by atoms with E-state index in [1.54, 1.807) is 0 Å². The summed E-state index contributed by atoms with van der Waals surface area (Å²) in [5.41, 5.74) is 3.73. The van der Waals surface area contributed by atoms with Crippen LogP contribution < -0.4 is 10.2 Å². The summed E-state index contributed by atoms with van der Waals surface area (Å²) in [4.78, 5) is 13.2. The lowest BCUT2D eigenvalue weighted by molar-refractivity contribution is 0.141. The monoisotopic (exact) mass is 218 g/mol. The number of amides is 1. The van der Waals surface area contributed by atoms with E-state index in [0.717, 1.165) is 18.5 Å². The Morgan fingerprint density at radius 1 is 1.50 bits per heavy atom. The van der Waals surface area contributed by atoms with Gasteiger partial charge in [0.15, 0.2) is 0 Å². The predicted molar refractivity (Wildman–Crippen MR) is 60.6 cm³/mol. The van der Waals surface area contributed by atoms with Gasteiger partial charge in [-0.1, -0.05) is 6.07 Å². The van der Waals surface area contributed by atoms with Crippen LogP contribution in [0, 0.1) is 0 Å². The average molecular weight is 218 g/mol. The van der Waals surface area contributed by atoms with E-state index in [-0.39, 0.29) is 12.2 Å². The molecule has 4 heteroatoms. The molecule has 16 heavy (non-hydrogen) atoms. The van der Waals surface area contributed by atoms with Crippen LogP contribution in [0.5, 0.6) is 0 Å². The number of nitrogens with one attached hydrogen (secondary N) is 1. The van der Waals surface area contributed by atoms with Gasteiger partial charge < -0.3 is 15.0 Å². The first-order chi connectivity index (χ1) is 7.74. The Kier molecular flexibility index (Phi) is 2.02. The highest BCUT2D eigenvalue weighted by molar-refractivity contribution is 5.70. The van der Waals surface area contributed by atoms with Gasteiger partial charge in [-0.2, -0.15) is 0 Å². The van der Waals surface area contributed by atoms with Crippen LogP contribution in [-0.4, -0.2) is 26.2 Å². The summed E-state index contributed by atoms with van der Waals surface area (Å²) >= 11 is 0. The van der Waals surface area contributed by atoms with Crippen molar-refractivity contribution in [1.82, 2.24) is 5.32 Å². The molecule has 2 aliphatic heterocycles. The highest BCUT2D eigenvalue weighted by atomic mass is 16.6. The molecule has 2 aliphatic rings. The normalized spacial score (nSPS) is 22.9. The quantitative estimate of drug-likeness (QED) is 0.776. The van der Waals surface area contributed by atoms with E-state index in [1.807, 2.05) is 6.07 Å². The van der Waals surface area contributed by atoms with Gasteiger partial charge in [0.1, 0.15) is 6.10 Å². The van der Waals surface area contributed by atoms with E-state index in [2.05, 4.69) is 29.4 Å². The molecule has 1 aromatic rings. The Labute approximate surface area is 94.2 Å². The SMILES string of the molecule is CN1CCc2cc(C3CNC(=O)O3)ccc21. The van der Waals surface area contributed by atoms with Crippen molar-refractivity contribution in [2.75, 3.05) is 25.0 Å². The van der Waals surface area contributed by atoms with Crippen LogP contribution >= 0.6 is 0 Å². The maximum Gasteiger partial charge on any atom is 0.407 e. The van der Waals surface area contributed by atoms with Gasteiger partial charge in [-0.15, -0.1) is 0 Å². The number of carbonyl (C=O) groups is 1. The number of alkyl carbamates (subject to hydrolysis) is 1. The molecule has 2 heterocycles. The summed E-state index contributed by atoms with van der Waals surface area (Å²) in [6, 6.07) is 6.32. The van der Waals surface area contributed by atoms with Gasteiger partial charge in [-0.25, -0.2) is 4.79 Å². The van der Waals surface area contributed by atoms with E-state index in [1.165, 1.54) is 11.3 Å². The molecule has 1 amide bonds. The van der Waals surface area contributed by atoms with E-state index in [0.29, 0.717) is 6.54 Å². The minimum Gasteiger partial charge on any atom is -0.439 e. The molecule has 0 spiro atoms. The summed E-state index contributed by atoms with van der Waals surface area (Å²) in [6.45, 7) is 1.65. The number of ether oxygens (including phenoxy) is 1. The van der Waals surface area contributed by atoms with Gasteiger partial charge in [0.2, 0.25) is 0 Å². The van der Waals surface area contributed by atoms with E-state index >= 15 is 0 Å². The summed E-state index contributed by atoms with van der Waals surface area (Å²) in [5.74, 6) is 0. The minimum atomic E-state index is -0.317. The van der Waals surface area contributed by atoms with Gasteiger partial charge in [-0.05, 0) is 29.7 Å². The summed E-state index contributed by atoms with van der Waals surface area (Å²) in [6.07, 6.45) is 0.639. The Hall–Kier alpha value is -1.71. The van der Waals surface area contributed by atoms with Gasteiger partial charge in [0.25, 0.3) is 0 Å². The standard InChI is InChI=1S/C12H14N2O2/c1-14-5-4-8-6-9(2-3-10(8)14)11-7-13-12(15)16-11/h2-3,6,11H,4-5,7H2,1H3,(H,13,15). The Morgan fingerprint density at radius 3 is 3.12 bits per heavy atom.